The van der Waals surface area contributed by atoms with Crippen LogP contribution < -0.4 is 10.6 Å². The van der Waals surface area contributed by atoms with Crippen molar-refractivity contribution in [3.8, 4) is 0 Å². The minimum Gasteiger partial charge on any atom is -0.312 e. The summed E-state index contributed by atoms with van der Waals surface area (Å²) >= 11 is 0. The van der Waals surface area contributed by atoms with Crippen LogP contribution >= 0.6 is 0 Å². The molecule has 2 heteroatoms. The first-order chi connectivity index (χ1) is 11.4. The molecular formula is C22H36N2. The molecule has 0 aromatic rings. The summed E-state index contributed by atoms with van der Waals surface area (Å²) in [4.78, 5) is 0. The van der Waals surface area contributed by atoms with Gasteiger partial charge in [-0.15, -0.1) is 0 Å². The Morgan fingerprint density at radius 2 is 1.21 bits per heavy atom. The zero-order valence-electron chi connectivity index (χ0n) is 16.1. The van der Waals surface area contributed by atoms with Gasteiger partial charge in [-0.05, 0) is 60.2 Å². The average molecular weight is 329 g/mol. The van der Waals surface area contributed by atoms with Gasteiger partial charge in [0, 0.05) is 26.2 Å². The smallest absolute Gasteiger partial charge is 0.0168 e. The van der Waals surface area contributed by atoms with Crippen LogP contribution in [0.4, 0.5) is 0 Å². The zero-order chi connectivity index (χ0) is 16.9. The van der Waals surface area contributed by atoms with Crippen LogP contribution in [0.3, 0.4) is 0 Å². The van der Waals surface area contributed by atoms with E-state index in [-0.39, 0.29) is 0 Å². The van der Waals surface area contributed by atoms with Crippen molar-refractivity contribution in [3.63, 3.8) is 0 Å². The van der Waals surface area contributed by atoms with Crippen LogP contribution in [0.1, 0.15) is 53.4 Å². The summed E-state index contributed by atoms with van der Waals surface area (Å²) in [7, 11) is 0. The molecule has 0 heterocycles. The van der Waals surface area contributed by atoms with Gasteiger partial charge in [0.2, 0.25) is 0 Å². The minimum absolute atomic E-state index is 0.560. The van der Waals surface area contributed by atoms with Crippen molar-refractivity contribution in [2.75, 3.05) is 26.2 Å². The van der Waals surface area contributed by atoms with Gasteiger partial charge in [0.15, 0.2) is 0 Å². The Morgan fingerprint density at radius 1 is 0.792 bits per heavy atom. The summed E-state index contributed by atoms with van der Waals surface area (Å²) in [6.45, 7) is 14.2. The van der Waals surface area contributed by atoms with Crippen molar-refractivity contribution in [1.29, 1.82) is 0 Å². The van der Waals surface area contributed by atoms with Gasteiger partial charge in [0.05, 0.1) is 0 Å². The lowest BCUT2D eigenvalue weighted by Gasteiger charge is -2.56. The van der Waals surface area contributed by atoms with E-state index in [9.17, 15) is 0 Å². The molecule has 6 aliphatic carbocycles. The van der Waals surface area contributed by atoms with Crippen molar-refractivity contribution >= 4 is 0 Å². The molecule has 0 spiro atoms. The summed E-state index contributed by atoms with van der Waals surface area (Å²) in [6, 6.07) is 0. The molecule has 0 unspecified atom stereocenters. The second-order valence-corrected chi connectivity index (χ2v) is 10.00. The highest BCUT2D eigenvalue weighted by Crippen LogP contribution is 2.59. The third-order valence-electron chi connectivity index (χ3n) is 8.30. The Hall–Kier alpha value is -0.600. The quantitative estimate of drug-likeness (QED) is 0.542. The Bertz CT molecular complexity index is 504. The monoisotopic (exact) mass is 328 g/mol. The molecule has 134 valence electrons. The highest BCUT2D eigenvalue weighted by molar-refractivity contribution is 5.25. The van der Waals surface area contributed by atoms with Crippen LogP contribution in [-0.4, -0.2) is 26.2 Å². The van der Waals surface area contributed by atoms with E-state index in [1.165, 1.54) is 25.7 Å². The molecule has 6 aliphatic rings. The molecule has 0 saturated heterocycles. The molecule has 0 aromatic heterocycles. The fourth-order valence-electron chi connectivity index (χ4n) is 6.00. The second-order valence-electron chi connectivity index (χ2n) is 10.00. The first-order valence-electron chi connectivity index (χ1n) is 10.2. The molecule has 4 atom stereocenters. The highest BCUT2D eigenvalue weighted by atomic mass is 14.9. The topological polar surface area (TPSA) is 24.1 Å². The van der Waals surface area contributed by atoms with Gasteiger partial charge in [-0.3, -0.25) is 0 Å². The van der Waals surface area contributed by atoms with Crippen LogP contribution in [0.25, 0.3) is 0 Å². The average Bonchev–Trinajstić information content (AvgIpc) is 2.57. The lowest BCUT2D eigenvalue weighted by atomic mass is 9.49. The summed E-state index contributed by atoms with van der Waals surface area (Å²) in [5.74, 6) is 3.59. The van der Waals surface area contributed by atoms with Gasteiger partial charge in [-0.1, -0.05) is 51.0 Å². The summed E-state index contributed by atoms with van der Waals surface area (Å²) in [5, 5.41) is 7.35. The van der Waals surface area contributed by atoms with Crippen molar-refractivity contribution in [2.45, 2.75) is 53.4 Å². The first-order valence-corrected chi connectivity index (χ1v) is 10.2. The van der Waals surface area contributed by atoms with Crippen LogP contribution in [0.15, 0.2) is 23.3 Å². The van der Waals surface area contributed by atoms with Crippen LogP contribution in [0.5, 0.6) is 0 Å². The minimum atomic E-state index is 0.560. The maximum Gasteiger partial charge on any atom is 0.0168 e. The van der Waals surface area contributed by atoms with Gasteiger partial charge in [-0.2, -0.15) is 0 Å². The lowest BCUT2D eigenvalue weighted by molar-refractivity contribution is -0.00764. The summed E-state index contributed by atoms with van der Waals surface area (Å²) in [6.07, 6.45) is 10.5. The molecule has 0 amide bonds. The normalized spacial score (nSPS) is 37.8. The number of allylic oxidation sites excluding steroid dienone is 2. The third kappa shape index (κ3) is 2.61. The lowest BCUT2D eigenvalue weighted by Crippen LogP contribution is -2.50. The van der Waals surface area contributed by atoms with Crippen molar-refractivity contribution < 1.29 is 0 Å². The van der Waals surface area contributed by atoms with E-state index in [0.717, 1.165) is 49.9 Å². The number of fused-ring (bicyclic) bond motifs is 2. The molecule has 0 radical (unpaired) electrons. The maximum absolute atomic E-state index is 3.67. The maximum atomic E-state index is 3.67. The molecule has 4 bridgehead atoms. The van der Waals surface area contributed by atoms with E-state index in [4.69, 9.17) is 0 Å². The summed E-state index contributed by atoms with van der Waals surface area (Å²) in [5.41, 5.74) is 4.48. The molecule has 2 saturated carbocycles. The Morgan fingerprint density at radius 3 is 1.54 bits per heavy atom. The summed E-state index contributed by atoms with van der Waals surface area (Å²) < 4.78 is 0. The number of hydrogen-bond acceptors (Lipinski definition) is 2. The van der Waals surface area contributed by atoms with E-state index in [1.807, 2.05) is 0 Å². The van der Waals surface area contributed by atoms with E-state index in [0.29, 0.717) is 10.8 Å². The van der Waals surface area contributed by atoms with Crippen LogP contribution in [0, 0.1) is 34.5 Å². The first kappa shape index (κ1) is 16.8. The molecule has 2 fully saturated rings. The molecule has 2 nitrogen and oxygen atoms in total. The standard InChI is InChI=1S/C22H36N2/c1-21(2)17-7-5-15(19(21)11-17)13-23-9-10-24-14-16-6-8-18-12-20(16)22(18,3)4/h5-6,17-20,23-24H,7-14H2,1-4H3/t17-,18-,19-,20-/m0/s1. The Balaban J connectivity index is 1.14. The second kappa shape index (κ2) is 5.99. The molecule has 0 aliphatic heterocycles. The van der Waals surface area contributed by atoms with Gasteiger partial charge in [0.25, 0.3) is 0 Å². The largest absolute Gasteiger partial charge is 0.312 e. The van der Waals surface area contributed by atoms with Gasteiger partial charge in [0.1, 0.15) is 0 Å². The fourth-order valence-corrected chi connectivity index (χ4v) is 6.00. The van der Waals surface area contributed by atoms with Crippen molar-refractivity contribution in [3.05, 3.63) is 23.3 Å². The third-order valence-corrected chi connectivity index (χ3v) is 8.30. The molecule has 24 heavy (non-hydrogen) atoms. The van der Waals surface area contributed by atoms with E-state index < -0.39 is 0 Å². The Kier molecular flexibility index (Phi) is 4.20. The number of hydrogen-bond donors (Lipinski definition) is 2. The van der Waals surface area contributed by atoms with Crippen molar-refractivity contribution in [1.82, 2.24) is 10.6 Å². The SMILES string of the molecule is CC1(C)[C@H]2CC=C(CNCCNCC3=CC[C@H]4C[C@@H]3C4(C)C)[C@@H]1C2. The fraction of sp³-hybridized carbons (Fsp3) is 0.818. The van der Waals surface area contributed by atoms with E-state index in [1.54, 1.807) is 11.1 Å². The number of rotatable bonds is 7. The zero-order valence-corrected chi connectivity index (χ0v) is 16.1. The number of nitrogens with one attached hydrogen (secondary N) is 2. The van der Waals surface area contributed by atoms with Crippen molar-refractivity contribution in [2.24, 2.45) is 34.5 Å². The van der Waals surface area contributed by atoms with Gasteiger partial charge >= 0.3 is 0 Å². The van der Waals surface area contributed by atoms with Gasteiger partial charge < -0.3 is 10.6 Å². The van der Waals surface area contributed by atoms with Crippen LogP contribution in [-0.2, 0) is 0 Å². The Labute approximate surface area is 148 Å². The molecule has 2 N–H and O–H groups in total. The van der Waals surface area contributed by atoms with E-state index in [2.05, 4.69) is 50.5 Å². The van der Waals surface area contributed by atoms with Crippen LogP contribution in [0.2, 0.25) is 0 Å². The highest BCUT2D eigenvalue weighted by Gasteiger charge is 2.51. The molecular weight excluding hydrogens is 292 g/mol. The predicted octanol–water partition coefficient (Wildman–Crippen LogP) is 4.15. The van der Waals surface area contributed by atoms with Gasteiger partial charge in [-0.25, -0.2) is 0 Å². The molecule has 0 aromatic carbocycles. The predicted molar refractivity (Wildman–Crippen MR) is 102 cm³/mol. The molecule has 6 rings (SSSR count). The van der Waals surface area contributed by atoms with E-state index >= 15 is 0 Å².